The molecule has 3 aliphatic heterocycles. The first-order valence-corrected chi connectivity index (χ1v) is 16.6. The van der Waals surface area contributed by atoms with Crippen LogP contribution in [0.4, 0.5) is 11.4 Å². The Morgan fingerprint density at radius 2 is 1.67 bits per heavy atom. The number of amides is 3. The lowest BCUT2D eigenvalue weighted by Gasteiger charge is -2.40. The standard InChI is InChI=1S/C36H44BrN3O5/c1-7-17-38(25-15-10-9-11-16-25)33(42)28-29-34(43)40(26(21-41)19-22(3)4)32(36(29)20-27(37)31(28)45-36)35(44)39(18-8-2)30-23(5)13-12-14-24(30)6/h7-16,22,26-29,31-32,41H,1-2,17-21H2,3-6H3/t26-,27?,28+,29+,31+,32?,36?/m1/s1. The fourth-order valence-electron chi connectivity index (χ4n) is 7.88. The first-order chi connectivity index (χ1) is 21.5. The minimum atomic E-state index is -1.26. The van der Waals surface area contributed by atoms with Crippen LogP contribution in [0.3, 0.4) is 0 Å². The zero-order valence-corrected chi connectivity index (χ0v) is 28.2. The van der Waals surface area contributed by atoms with E-state index in [1.54, 1.807) is 26.9 Å². The summed E-state index contributed by atoms with van der Waals surface area (Å²) in [4.78, 5) is 49.1. The molecule has 7 atom stereocenters. The summed E-state index contributed by atoms with van der Waals surface area (Å²) >= 11 is 3.79. The number of nitrogens with zero attached hydrogens (tertiary/aromatic N) is 3. The lowest BCUT2D eigenvalue weighted by atomic mass is 9.70. The maximum atomic E-state index is 15.1. The molecule has 3 amide bonds. The molecule has 3 saturated heterocycles. The Hall–Kier alpha value is -3.27. The molecular weight excluding hydrogens is 634 g/mol. The van der Waals surface area contributed by atoms with Gasteiger partial charge < -0.3 is 24.5 Å². The molecule has 5 rings (SSSR count). The largest absolute Gasteiger partial charge is 0.394 e. The quantitative estimate of drug-likeness (QED) is 0.247. The Morgan fingerprint density at radius 3 is 2.24 bits per heavy atom. The van der Waals surface area contributed by atoms with Gasteiger partial charge in [-0.05, 0) is 55.9 Å². The number of anilines is 2. The molecule has 2 aromatic rings. The summed E-state index contributed by atoms with van der Waals surface area (Å²) in [5.41, 5.74) is 2.03. The van der Waals surface area contributed by atoms with Crippen molar-refractivity contribution in [3.63, 3.8) is 0 Å². The van der Waals surface area contributed by atoms with E-state index < -0.39 is 35.6 Å². The number of likely N-dealkylation sites (tertiary alicyclic amines) is 1. The summed E-state index contributed by atoms with van der Waals surface area (Å²) < 4.78 is 6.82. The highest BCUT2D eigenvalue weighted by Gasteiger charge is 2.77. The molecular formula is C36H44BrN3O5. The third-order valence-electron chi connectivity index (χ3n) is 9.53. The van der Waals surface area contributed by atoms with Gasteiger partial charge in [0.2, 0.25) is 11.8 Å². The molecule has 45 heavy (non-hydrogen) atoms. The number of benzene rings is 2. The summed E-state index contributed by atoms with van der Waals surface area (Å²) in [5, 5.41) is 10.7. The molecule has 2 bridgehead atoms. The Labute approximate surface area is 274 Å². The van der Waals surface area contributed by atoms with Crippen LogP contribution in [0.1, 0.15) is 37.8 Å². The minimum absolute atomic E-state index is 0.145. The maximum Gasteiger partial charge on any atom is 0.253 e. The van der Waals surface area contributed by atoms with Crippen molar-refractivity contribution in [1.82, 2.24) is 4.90 Å². The predicted octanol–water partition coefficient (Wildman–Crippen LogP) is 5.20. The maximum absolute atomic E-state index is 15.1. The molecule has 3 unspecified atom stereocenters. The SMILES string of the molecule is C=CCN(C(=O)[C@H]1[C@H]2C(=O)N([C@@H](CO)CC(C)C)C(C(=O)N(CC=C)c3c(C)cccc3C)C23CC(Br)[C@@H]1O3)c1ccccc1. The van der Waals surface area contributed by atoms with Crippen molar-refractivity contribution < 1.29 is 24.2 Å². The normalized spacial score (nSPS) is 27.4. The molecule has 3 fully saturated rings. The van der Waals surface area contributed by atoms with Crippen LogP contribution in [-0.2, 0) is 19.1 Å². The molecule has 240 valence electrons. The smallest absolute Gasteiger partial charge is 0.253 e. The van der Waals surface area contributed by atoms with Crippen molar-refractivity contribution in [2.24, 2.45) is 17.8 Å². The van der Waals surface area contributed by atoms with Crippen LogP contribution in [0.2, 0.25) is 0 Å². The van der Waals surface area contributed by atoms with Crippen molar-refractivity contribution in [1.29, 1.82) is 0 Å². The lowest BCUT2D eigenvalue weighted by molar-refractivity contribution is -0.144. The monoisotopic (exact) mass is 677 g/mol. The first-order valence-electron chi connectivity index (χ1n) is 15.7. The molecule has 0 aliphatic carbocycles. The van der Waals surface area contributed by atoms with Gasteiger partial charge in [0.25, 0.3) is 5.91 Å². The molecule has 8 nitrogen and oxygen atoms in total. The number of ether oxygens (including phenoxy) is 1. The van der Waals surface area contributed by atoms with E-state index >= 15 is 4.79 Å². The van der Waals surface area contributed by atoms with E-state index in [4.69, 9.17) is 4.74 Å². The van der Waals surface area contributed by atoms with Gasteiger partial charge in [-0.3, -0.25) is 14.4 Å². The van der Waals surface area contributed by atoms with Crippen LogP contribution in [-0.4, -0.2) is 76.0 Å². The molecule has 3 aliphatic rings. The predicted molar refractivity (Wildman–Crippen MR) is 180 cm³/mol. The van der Waals surface area contributed by atoms with Crippen molar-refractivity contribution in [2.45, 2.75) is 69.2 Å². The van der Waals surface area contributed by atoms with E-state index in [1.165, 1.54) is 0 Å². The summed E-state index contributed by atoms with van der Waals surface area (Å²) in [7, 11) is 0. The fraction of sp³-hybridized carbons (Fsp3) is 0.472. The molecule has 1 N–H and O–H groups in total. The van der Waals surface area contributed by atoms with E-state index in [0.717, 1.165) is 16.8 Å². The van der Waals surface area contributed by atoms with E-state index in [9.17, 15) is 14.7 Å². The van der Waals surface area contributed by atoms with Crippen molar-refractivity contribution in [3.05, 3.63) is 85.0 Å². The second-order valence-corrected chi connectivity index (χ2v) is 14.1. The molecule has 0 aromatic heterocycles. The zero-order chi connectivity index (χ0) is 32.6. The minimum Gasteiger partial charge on any atom is -0.394 e. The number of halogens is 1. The lowest BCUT2D eigenvalue weighted by Crippen LogP contribution is -2.59. The second kappa shape index (κ2) is 13.2. The number of para-hydroxylation sites is 2. The number of fused-ring (bicyclic) bond motifs is 1. The zero-order valence-electron chi connectivity index (χ0n) is 26.6. The van der Waals surface area contributed by atoms with Gasteiger partial charge in [-0.1, -0.05) is 78.3 Å². The number of hydrogen-bond donors (Lipinski definition) is 1. The highest BCUT2D eigenvalue weighted by molar-refractivity contribution is 9.09. The highest BCUT2D eigenvalue weighted by atomic mass is 79.9. The number of aliphatic hydroxyl groups is 1. The van der Waals surface area contributed by atoms with Crippen LogP contribution >= 0.6 is 15.9 Å². The number of hydrogen-bond acceptors (Lipinski definition) is 5. The third kappa shape index (κ3) is 5.57. The number of aliphatic hydroxyl groups excluding tert-OH is 1. The van der Waals surface area contributed by atoms with Gasteiger partial charge in [-0.15, -0.1) is 13.2 Å². The Kier molecular flexibility index (Phi) is 9.73. The third-order valence-corrected chi connectivity index (χ3v) is 10.4. The fourth-order valence-corrected chi connectivity index (χ4v) is 8.82. The van der Waals surface area contributed by atoms with Gasteiger partial charge in [-0.2, -0.15) is 0 Å². The Bertz CT molecular complexity index is 1440. The van der Waals surface area contributed by atoms with Gasteiger partial charge in [0.15, 0.2) is 0 Å². The van der Waals surface area contributed by atoms with Crippen LogP contribution in [0.25, 0.3) is 0 Å². The highest BCUT2D eigenvalue weighted by Crippen LogP contribution is 2.61. The van der Waals surface area contributed by atoms with Gasteiger partial charge in [-0.25, -0.2) is 0 Å². The van der Waals surface area contributed by atoms with Crippen molar-refractivity contribution in [2.75, 3.05) is 29.5 Å². The van der Waals surface area contributed by atoms with E-state index in [2.05, 4.69) is 29.1 Å². The number of rotatable bonds is 12. The molecule has 3 heterocycles. The van der Waals surface area contributed by atoms with Crippen LogP contribution in [0.15, 0.2) is 73.8 Å². The van der Waals surface area contributed by atoms with Crippen LogP contribution in [0, 0.1) is 31.6 Å². The Morgan fingerprint density at radius 1 is 1.04 bits per heavy atom. The second-order valence-electron chi connectivity index (χ2n) is 12.9. The molecule has 2 aromatic carbocycles. The van der Waals surface area contributed by atoms with Crippen molar-refractivity contribution >= 4 is 45.0 Å². The number of carbonyl (C=O) groups excluding carboxylic acids is 3. The first kappa shape index (κ1) is 33.1. The molecule has 0 saturated carbocycles. The molecule has 0 radical (unpaired) electrons. The van der Waals surface area contributed by atoms with E-state index in [-0.39, 0.29) is 48.2 Å². The van der Waals surface area contributed by atoms with E-state index in [0.29, 0.717) is 18.5 Å². The van der Waals surface area contributed by atoms with Gasteiger partial charge in [0.05, 0.1) is 30.6 Å². The van der Waals surface area contributed by atoms with E-state index in [1.807, 2.05) is 76.2 Å². The number of carbonyl (C=O) groups is 3. The van der Waals surface area contributed by atoms with Crippen molar-refractivity contribution in [3.8, 4) is 0 Å². The average molecular weight is 679 g/mol. The summed E-state index contributed by atoms with van der Waals surface area (Å²) in [5.74, 6) is -2.44. The van der Waals surface area contributed by atoms with Crippen LogP contribution in [0.5, 0.6) is 0 Å². The molecule has 1 spiro atoms. The number of alkyl halides is 1. The molecule has 9 heteroatoms. The Balaban J connectivity index is 1.66. The summed E-state index contributed by atoms with van der Waals surface area (Å²) in [6.45, 7) is 15.9. The number of aryl methyl sites for hydroxylation is 2. The average Bonchev–Trinajstić information content (AvgIpc) is 3.61. The van der Waals surface area contributed by atoms with Gasteiger partial charge in [0, 0.05) is 29.3 Å². The van der Waals surface area contributed by atoms with Gasteiger partial charge in [0.1, 0.15) is 11.6 Å². The summed E-state index contributed by atoms with van der Waals surface area (Å²) in [6.07, 6.45) is 3.61. The topological polar surface area (TPSA) is 90.4 Å². The van der Waals surface area contributed by atoms with Gasteiger partial charge >= 0.3 is 0 Å². The summed E-state index contributed by atoms with van der Waals surface area (Å²) in [6, 6.07) is 13.5. The van der Waals surface area contributed by atoms with Crippen LogP contribution < -0.4 is 9.80 Å².